The van der Waals surface area contributed by atoms with E-state index in [0.29, 0.717) is 17.9 Å². The van der Waals surface area contributed by atoms with Gasteiger partial charge in [0.15, 0.2) is 4.88 Å². The SMILES string of the molecule is O=C(O)c1sccc1OCC1Cc2cc(F)ccc2O1. The molecule has 104 valence electrons. The summed E-state index contributed by atoms with van der Waals surface area (Å²) in [6, 6.07) is 6.01. The molecule has 0 radical (unpaired) electrons. The molecule has 0 saturated heterocycles. The van der Waals surface area contributed by atoms with Gasteiger partial charge < -0.3 is 14.6 Å². The maximum atomic E-state index is 13.1. The van der Waals surface area contributed by atoms with Gasteiger partial charge >= 0.3 is 5.97 Å². The maximum Gasteiger partial charge on any atom is 0.349 e. The van der Waals surface area contributed by atoms with Gasteiger partial charge in [-0.25, -0.2) is 9.18 Å². The van der Waals surface area contributed by atoms with Gasteiger partial charge in [-0.15, -0.1) is 11.3 Å². The minimum atomic E-state index is -1.01. The average Bonchev–Trinajstić information content (AvgIpc) is 3.01. The molecule has 1 atom stereocenters. The number of carboxylic acid groups (broad SMARTS) is 1. The lowest BCUT2D eigenvalue weighted by atomic mass is 10.1. The van der Waals surface area contributed by atoms with Crippen LogP contribution in [0.25, 0.3) is 0 Å². The van der Waals surface area contributed by atoms with Crippen LogP contribution in [0.3, 0.4) is 0 Å². The third kappa shape index (κ3) is 2.46. The third-order valence-electron chi connectivity index (χ3n) is 3.01. The molecule has 0 fully saturated rings. The Labute approximate surface area is 118 Å². The second-order valence-electron chi connectivity index (χ2n) is 4.43. The summed E-state index contributed by atoms with van der Waals surface area (Å²) in [5, 5.41) is 10.6. The topological polar surface area (TPSA) is 55.8 Å². The van der Waals surface area contributed by atoms with E-state index in [4.69, 9.17) is 14.6 Å². The standard InChI is InChI=1S/C14H11FO4S/c15-9-1-2-11-8(5-9)6-10(19-11)7-18-12-3-4-20-13(12)14(16)17/h1-5,10H,6-7H2,(H,16,17). The molecule has 0 amide bonds. The molecule has 0 bridgehead atoms. The molecule has 1 aromatic carbocycles. The number of rotatable bonds is 4. The van der Waals surface area contributed by atoms with Crippen molar-refractivity contribution in [3.63, 3.8) is 0 Å². The Bertz CT molecular complexity index is 652. The molecule has 0 aliphatic carbocycles. The zero-order chi connectivity index (χ0) is 14.1. The molecule has 0 spiro atoms. The van der Waals surface area contributed by atoms with Crippen LogP contribution in [-0.2, 0) is 6.42 Å². The zero-order valence-corrected chi connectivity index (χ0v) is 11.2. The predicted molar refractivity (Wildman–Crippen MR) is 71.3 cm³/mol. The van der Waals surface area contributed by atoms with Crippen molar-refractivity contribution in [1.29, 1.82) is 0 Å². The number of ether oxygens (including phenoxy) is 2. The number of aromatic carboxylic acids is 1. The number of thiophene rings is 1. The Morgan fingerprint density at radius 2 is 2.35 bits per heavy atom. The molecule has 6 heteroatoms. The Balaban J connectivity index is 1.64. The largest absolute Gasteiger partial charge is 0.488 e. The van der Waals surface area contributed by atoms with Gasteiger partial charge in [-0.05, 0) is 29.6 Å². The van der Waals surface area contributed by atoms with Gasteiger partial charge in [0.1, 0.15) is 30.0 Å². The number of carbonyl (C=O) groups is 1. The summed E-state index contributed by atoms with van der Waals surface area (Å²) < 4.78 is 24.2. The molecule has 1 aromatic heterocycles. The van der Waals surface area contributed by atoms with Crippen molar-refractivity contribution in [3.05, 3.63) is 45.9 Å². The number of hydrogen-bond donors (Lipinski definition) is 1. The Morgan fingerprint density at radius 1 is 1.50 bits per heavy atom. The molecule has 0 saturated carbocycles. The van der Waals surface area contributed by atoms with E-state index in [1.165, 1.54) is 12.1 Å². The van der Waals surface area contributed by atoms with Crippen LogP contribution in [0.15, 0.2) is 29.6 Å². The van der Waals surface area contributed by atoms with Crippen LogP contribution in [0.5, 0.6) is 11.5 Å². The second kappa shape index (κ2) is 5.13. The van der Waals surface area contributed by atoms with Crippen molar-refractivity contribution in [2.24, 2.45) is 0 Å². The van der Waals surface area contributed by atoms with Gasteiger partial charge in [0, 0.05) is 12.0 Å². The summed E-state index contributed by atoms with van der Waals surface area (Å²) in [6.45, 7) is 0.229. The summed E-state index contributed by atoms with van der Waals surface area (Å²) >= 11 is 1.11. The fourth-order valence-corrected chi connectivity index (χ4v) is 2.80. The minimum Gasteiger partial charge on any atom is -0.488 e. The van der Waals surface area contributed by atoms with E-state index in [1.807, 2.05) is 0 Å². The molecule has 20 heavy (non-hydrogen) atoms. The van der Waals surface area contributed by atoms with Crippen molar-refractivity contribution >= 4 is 17.3 Å². The monoisotopic (exact) mass is 294 g/mol. The van der Waals surface area contributed by atoms with E-state index in [9.17, 15) is 9.18 Å². The summed E-state index contributed by atoms with van der Waals surface area (Å²) in [7, 11) is 0. The highest BCUT2D eigenvalue weighted by atomic mass is 32.1. The third-order valence-corrected chi connectivity index (χ3v) is 3.90. The number of benzene rings is 1. The van der Waals surface area contributed by atoms with Crippen LogP contribution >= 0.6 is 11.3 Å². The highest BCUT2D eigenvalue weighted by molar-refractivity contribution is 7.12. The molecule has 1 aliphatic heterocycles. The molecule has 1 aliphatic rings. The Hall–Kier alpha value is -2.08. The fraction of sp³-hybridized carbons (Fsp3) is 0.214. The molecule has 2 aromatic rings. The van der Waals surface area contributed by atoms with Crippen molar-refractivity contribution in [2.75, 3.05) is 6.61 Å². The van der Waals surface area contributed by atoms with Crippen molar-refractivity contribution < 1.29 is 23.8 Å². The zero-order valence-electron chi connectivity index (χ0n) is 10.3. The Morgan fingerprint density at radius 3 is 3.15 bits per heavy atom. The number of halogens is 1. The number of carboxylic acids is 1. The maximum absolute atomic E-state index is 13.1. The molecular weight excluding hydrogens is 283 g/mol. The van der Waals surface area contributed by atoms with Crippen LogP contribution < -0.4 is 9.47 Å². The summed E-state index contributed by atoms with van der Waals surface area (Å²) in [5.74, 6) is -0.301. The smallest absolute Gasteiger partial charge is 0.349 e. The molecule has 1 unspecified atom stereocenters. The van der Waals surface area contributed by atoms with Gasteiger partial charge in [0.2, 0.25) is 0 Å². The first kappa shape index (κ1) is 12.9. The van der Waals surface area contributed by atoms with E-state index in [1.54, 1.807) is 17.5 Å². The van der Waals surface area contributed by atoms with E-state index in [-0.39, 0.29) is 23.4 Å². The van der Waals surface area contributed by atoms with Crippen LogP contribution in [0.1, 0.15) is 15.2 Å². The summed E-state index contributed by atoms with van der Waals surface area (Å²) in [5.41, 5.74) is 0.808. The predicted octanol–water partition coefficient (Wildman–Crippen LogP) is 2.97. The minimum absolute atomic E-state index is 0.173. The van der Waals surface area contributed by atoms with Crippen molar-refractivity contribution in [3.8, 4) is 11.5 Å². The van der Waals surface area contributed by atoms with Crippen LogP contribution in [0, 0.1) is 5.82 Å². The molecular formula is C14H11FO4S. The van der Waals surface area contributed by atoms with E-state index in [2.05, 4.69) is 0 Å². The molecule has 3 rings (SSSR count). The lowest BCUT2D eigenvalue weighted by molar-refractivity contribution is 0.0694. The van der Waals surface area contributed by atoms with Crippen LogP contribution in [-0.4, -0.2) is 23.8 Å². The second-order valence-corrected chi connectivity index (χ2v) is 5.34. The first-order chi connectivity index (χ1) is 9.63. The highest BCUT2D eigenvalue weighted by Gasteiger charge is 2.24. The van der Waals surface area contributed by atoms with Gasteiger partial charge in [-0.1, -0.05) is 0 Å². The normalized spacial score (nSPS) is 16.6. The molecule has 2 heterocycles. The summed E-state index contributed by atoms with van der Waals surface area (Å²) in [4.78, 5) is 11.1. The van der Waals surface area contributed by atoms with Crippen molar-refractivity contribution in [2.45, 2.75) is 12.5 Å². The van der Waals surface area contributed by atoms with Gasteiger partial charge in [-0.3, -0.25) is 0 Å². The van der Waals surface area contributed by atoms with E-state index >= 15 is 0 Å². The molecule has 1 N–H and O–H groups in total. The lowest BCUT2D eigenvalue weighted by Gasteiger charge is -2.11. The van der Waals surface area contributed by atoms with E-state index in [0.717, 1.165) is 16.9 Å². The Kier molecular flexibility index (Phi) is 3.31. The van der Waals surface area contributed by atoms with E-state index < -0.39 is 5.97 Å². The number of hydrogen-bond acceptors (Lipinski definition) is 4. The molecule has 4 nitrogen and oxygen atoms in total. The number of fused-ring (bicyclic) bond motifs is 1. The fourth-order valence-electron chi connectivity index (χ4n) is 2.13. The summed E-state index contributed by atoms with van der Waals surface area (Å²) in [6.07, 6.45) is 0.327. The van der Waals surface area contributed by atoms with Gasteiger partial charge in [0.05, 0.1) is 0 Å². The van der Waals surface area contributed by atoms with Crippen LogP contribution in [0.4, 0.5) is 4.39 Å². The quantitative estimate of drug-likeness (QED) is 0.942. The van der Waals surface area contributed by atoms with Crippen LogP contribution in [0.2, 0.25) is 0 Å². The van der Waals surface area contributed by atoms with Crippen molar-refractivity contribution in [1.82, 2.24) is 0 Å². The van der Waals surface area contributed by atoms with Gasteiger partial charge in [-0.2, -0.15) is 0 Å². The highest BCUT2D eigenvalue weighted by Crippen LogP contribution is 2.30. The lowest BCUT2D eigenvalue weighted by Crippen LogP contribution is -2.22. The first-order valence-electron chi connectivity index (χ1n) is 6.02. The van der Waals surface area contributed by atoms with Gasteiger partial charge in [0.25, 0.3) is 0 Å². The average molecular weight is 294 g/mol. The first-order valence-corrected chi connectivity index (χ1v) is 6.90.